The lowest BCUT2D eigenvalue weighted by Gasteiger charge is -2.31. The summed E-state index contributed by atoms with van der Waals surface area (Å²) in [4.78, 5) is 29.6. The van der Waals surface area contributed by atoms with Gasteiger partial charge in [-0.2, -0.15) is 0 Å². The average molecular weight is 288 g/mol. The molecular weight excluding hydrogens is 272 g/mol. The standard InChI is InChI=1S/C14H16N4O3/c1-8-11-5-10(6-16-13(11)21-17-8)14(20)18-4-2-3-9(7-18)12(15)19/h5-6,9H,2-4,7H2,1H3,(H2,15,19). The molecule has 0 saturated carbocycles. The van der Waals surface area contributed by atoms with Crippen molar-refractivity contribution in [3.8, 4) is 0 Å². The summed E-state index contributed by atoms with van der Waals surface area (Å²) in [6.07, 6.45) is 2.99. The number of nitrogens with zero attached hydrogens (tertiary/aromatic N) is 3. The summed E-state index contributed by atoms with van der Waals surface area (Å²) in [6.45, 7) is 2.80. The molecule has 0 aromatic carbocycles. The van der Waals surface area contributed by atoms with Crippen molar-refractivity contribution < 1.29 is 14.1 Å². The first-order valence-corrected chi connectivity index (χ1v) is 6.87. The van der Waals surface area contributed by atoms with E-state index in [1.807, 2.05) is 0 Å². The van der Waals surface area contributed by atoms with E-state index in [0.717, 1.165) is 18.2 Å². The second kappa shape index (κ2) is 5.16. The third kappa shape index (κ3) is 2.46. The largest absolute Gasteiger partial charge is 0.369 e. The van der Waals surface area contributed by atoms with Crippen LogP contribution in [0.3, 0.4) is 0 Å². The summed E-state index contributed by atoms with van der Waals surface area (Å²) < 4.78 is 5.03. The summed E-state index contributed by atoms with van der Waals surface area (Å²) in [5.74, 6) is -0.761. The molecule has 1 saturated heterocycles. The maximum absolute atomic E-state index is 12.5. The Morgan fingerprint density at radius 1 is 1.48 bits per heavy atom. The van der Waals surface area contributed by atoms with Gasteiger partial charge >= 0.3 is 0 Å². The molecule has 2 aromatic heterocycles. The van der Waals surface area contributed by atoms with Crippen molar-refractivity contribution in [1.29, 1.82) is 0 Å². The zero-order chi connectivity index (χ0) is 15.0. The average Bonchev–Trinajstić information content (AvgIpc) is 2.87. The number of hydrogen-bond donors (Lipinski definition) is 1. The lowest BCUT2D eigenvalue weighted by atomic mass is 9.97. The highest BCUT2D eigenvalue weighted by molar-refractivity contribution is 5.97. The van der Waals surface area contributed by atoms with Crippen LogP contribution in [0, 0.1) is 12.8 Å². The number of likely N-dealkylation sites (tertiary alicyclic amines) is 1. The Kier molecular flexibility index (Phi) is 3.32. The number of fused-ring (bicyclic) bond motifs is 1. The summed E-state index contributed by atoms with van der Waals surface area (Å²) in [6, 6.07) is 1.73. The molecule has 2 amide bonds. The third-order valence-corrected chi connectivity index (χ3v) is 3.87. The molecule has 0 bridgehead atoms. The smallest absolute Gasteiger partial charge is 0.257 e. The number of aromatic nitrogens is 2. The number of amides is 2. The minimum atomic E-state index is -0.351. The Bertz CT molecular complexity index is 709. The molecule has 7 nitrogen and oxygen atoms in total. The van der Waals surface area contributed by atoms with E-state index in [1.165, 1.54) is 6.20 Å². The van der Waals surface area contributed by atoms with Gasteiger partial charge in [-0.1, -0.05) is 5.16 Å². The van der Waals surface area contributed by atoms with Gasteiger partial charge in [0.2, 0.25) is 5.91 Å². The zero-order valence-corrected chi connectivity index (χ0v) is 11.7. The second-order valence-electron chi connectivity index (χ2n) is 5.34. The van der Waals surface area contributed by atoms with Gasteiger partial charge in [0.05, 0.1) is 22.6 Å². The van der Waals surface area contributed by atoms with Crippen molar-refractivity contribution >= 4 is 22.9 Å². The molecule has 3 heterocycles. The molecule has 110 valence electrons. The van der Waals surface area contributed by atoms with Crippen LogP contribution < -0.4 is 5.73 Å². The zero-order valence-electron chi connectivity index (χ0n) is 11.7. The third-order valence-electron chi connectivity index (χ3n) is 3.87. The first-order valence-electron chi connectivity index (χ1n) is 6.87. The predicted molar refractivity (Wildman–Crippen MR) is 74.4 cm³/mol. The lowest BCUT2D eigenvalue weighted by molar-refractivity contribution is -0.123. The SMILES string of the molecule is Cc1noc2ncc(C(=O)N3CCCC(C(N)=O)C3)cc12. The van der Waals surface area contributed by atoms with E-state index in [4.69, 9.17) is 10.3 Å². The summed E-state index contributed by atoms with van der Waals surface area (Å²) in [5.41, 5.74) is 6.92. The molecule has 1 atom stereocenters. The van der Waals surface area contributed by atoms with E-state index in [2.05, 4.69) is 10.1 Å². The van der Waals surface area contributed by atoms with Gasteiger partial charge in [0.25, 0.3) is 11.6 Å². The van der Waals surface area contributed by atoms with Crippen LogP contribution in [0.1, 0.15) is 28.9 Å². The number of hydrogen-bond acceptors (Lipinski definition) is 5. The number of pyridine rings is 1. The molecular formula is C14H16N4O3. The van der Waals surface area contributed by atoms with Crippen LogP contribution in [-0.4, -0.2) is 39.9 Å². The first-order chi connectivity index (χ1) is 10.1. The highest BCUT2D eigenvalue weighted by Gasteiger charge is 2.28. The number of primary amides is 1. The molecule has 1 fully saturated rings. The minimum Gasteiger partial charge on any atom is -0.369 e. The lowest BCUT2D eigenvalue weighted by Crippen LogP contribution is -2.44. The van der Waals surface area contributed by atoms with Crippen molar-refractivity contribution in [2.45, 2.75) is 19.8 Å². The molecule has 3 rings (SSSR count). The number of carbonyl (C=O) groups is 2. The Balaban J connectivity index is 1.85. The van der Waals surface area contributed by atoms with E-state index in [1.54, 1.807) is 17.9 Å². The van der Waals surface area contributed by atoms with Crippen LogP contribution in [0.25, 0.3) is 11.1 Å². The van der Waals surface area contributed by atoms with Crippen molar-refractivity contribution in [3.63, 3.8) is 0 Å². The number of nitrogens with two attached hydrogens (primary N) is 1. The molecule has 2 N–H and O–H groups in total. The highest BCUT2D eigenvalue weighted by atomic mass is 16.5. The normalized spacial score (nSPS) is 18.9. The van der Waals surface area contributed by atoms with E-state index < -0.39 is 0 Å². The number of piperidine rings is 1. The van der Waals surface area contributed by atoms with Crippen LogP contribution in [0.2, 0.25) is 0 Å². The van der Waals surface area contributed by atoms with Crippen molar-refractivity contribution in [2.75, 3.05) is 13.1 Å². The molecule has 1 aliphatic heterocycles. The maximum Gasteiger partial charge on any atom is 0.257 e. The molecule has 21 heavy (non-hydrogen) atoms. The second-order valence-corrected chi connectivity index (χ2v) is 5.34. The molecule has 2 aromatic rings. The summed E-state index contributed by atoms with van der Waals surface area (Å²) in [5, 5.41) is 4.55. The van der Waals surface area contributed by atoms with Crippen molar-refractivity contribution in [1.82, 2.24) is 15.0 Å². The predicted octanol–water partition coefficient (Wildman–Crippen LogP) is 0.869. The van der Waals surface area contributed by atoms with Gasteiger partial charge in [-0.3, -0.25) is 9.59 Å². The fourth-order valence-electron chi connectivity index (χ4n) is 2.64. The van der Waals surface area contributed by atoms with Gasteiger partial charge in [-0.05, 0) is 25.8 Å². The number of carbonyl (C=O) groups excluding carboxylic acids is 2. The fourth-order valence-corrected chi connectivity index (χ4v) is 2.64. The molecule has 7 heteroatoms. The Hall–Kier alpha value is -2.44. The van der Waals surface area contributed by atoms with Crippen LogP contribution >= 0.6 is 0 Å². The van der Waals surface area contributed by atoms with Gasteiger partial charge in [0, 0.05) is 19.3 Å². The van der Waals surface area contributed by atoms with Gasteiger partial charge in [-0.25, -0.2) is 4.98 Å². The Morgan fingerprint density at radius 2 is 2.29 bits per heavy atom. The highest BCUT2D eigenvalue weighted by Crippen LogP contribution is 2.21. The van der Waals surface area contributed by atoms with Crippen LogP contribution in [-0.2, 0) is 4.79 Å². The van der Waals surface area contributed by atoms with E-state index in [-0.39, 0.29) is 17.7 Å². The maximum atomic E-state index is 12.5. The van der Waals surface area contributed by atoms with Crippen LogP contribution in [0.4, 0.5) is 0 Å². The summed E-state index contributed by atoms with van der Waals surface area (Å²) in [7, 11) is 0. The molecule has 1 aliphatic rings. The number of rotatable bonds is 2. The quantitative estimate of drug-likeness (QED) is 0.883. The molecule has 0 aliphatic carbocycles. The molecule has 0 spiro atoms. The molecule has 0 radical (unpaired) electrons. The minimum absolute atomic E-state index is 0.143. The van der Waals surface area contributed by atoms with Gasteiger partial charge in [-0.15, -0.1) is 0 Å². The Labute approximate surface area is 121 Å². The van der Waals surface area contributed by atoms with E-state index >= 15 is 0 Å². The van der Waals surface area contributed by atoms with E-state index in [0.29, 0.717) is 30.1 Å². The van der Waals surface area contributed by atoms with Crippen molar-refractivity contribution in [3.05, 3.63) is 23.5 Å². The van der Waals surface area contributed by atoms with Gasteiger partial charge in [0.15, 0.2) is 0 Å². The summed E-state index contributed by atoms with van der Waals surface area (Å²) >= 11 is 0. The van der Waals surface area contributed by atoms with Gasteiger partial charge < -0.3 is 15.2 Å². The van der Waals surface area contributed by atoms with Crippen LogP contribution in [0.5, 0.6) is 0 Å². The van der Waals surface area contributed by atoms with E-state index in [9.17, 15) is 9.59 Å². The number of aryl methyl sites for hydroxylation is 1. The fraction of sp³-hybridized carbons (Fsp3) is 0.429. The van der Waals surface area contributed by atoms with Gasteiger partial charge in [0.1, 0.15) is 0 Å². The van der Waals surface area contributed by atoms with Crippen LogP contribution in [0.15, 0.2) is 16.8 Å². The monoisotopic (exact) mass is 288 g/mol. The topological polar surface area (TPSA) is 102 Å². The first kappa shape index (κ1) is 13.5. The Morgan fingerprint density at radius 3 is 3.05 bits per heavy atom. The van der Waals surface area contributed by atoms with Crippen molar-refractivity contribution in [2.24, 2.45) is 11.7 Å². The molecule has 1 unspecified atom stereocenters.